The molecule has 0 N–H and O–H groups in total. The Labute approximate surface area is 154 Å². The first kappa shape index (κ1) is 17.6. The monoisotopic (exact) mass is 358 g/mol. The van der Waals surface area contributed by atoms with Gasteiger partial charge >= 0.3 is 0 Å². The number of ether oxygens (including phenoxy) is 1. The molecule has 0 aromatic heterocycles. The molecule has 0 spiro atoms. The highest BCUT2D eigenvalue weighted by molar-refractivity contribution is 6.30. The first-order valence-electron chi connectivity index (χ1n) is 8.56. The molecule has 1 atom stereocenters. The second-order valence-corrected chi connectivity index (χ2v) is 6.75. The molecule has 0 aliphatic carbocycles. The molecular weight excluding hydrogens is 336 g/mol. The Kier molecular flexibility index (Phi) is 5.49. The molecule has 1 heterocycles. The lowest BCUT2D eigenvalue weighted by atomic mass is 10.1. The normalized spacial score (nSPS) is 15.8. The standard InChI is InChI=1S/C20H23ClN2O2/c1-15-8-9-17(21)14-19(15)22-10-12-23(13-11-22)20(24)16(2)25-18-6-4-3-5-7-18/h3-9,14,16H,10-13H2,1-2H3. The molecule has 132 valence electrons. The third-order valence-corrected chi connectivity index (χ3v) is 4.74. The van der Waals surface area contributed by atoms with E-state index in [9.17, 15) is 4.79 Å². The summed E-state index contributed by atoms with van der Waals surface area (Å²) in [6, 6.07) is 15.4. The van der Waals surface area contributed by atoms with Crippen LogP contribution in [0.15, 0.2) is 48.5 Å². The number of benzene rings is 2. The van der Waals surface area contributed by atoms with E-state index in [0.717, 1.165) is 29.5 Å². The Balaban J connectivity index is 1.58. The van der Waals surface area contributed by atoms with Gasteiger partial charge < -0.3 is 14.5 Å². The fraction of sp³-hybridized carbons (Fsp3) is 0.350. The van der Waals surface area contributed by atoms with Crippen LogP contribution in [-0.2, 0) is 4.79 Å². The Hall–Kier alpha value is -2.20. The van der Waals surface area contributed by atoms with E-state index in [2.05, 4.69) is 11.8 Å². The van der Waals surface area contributed by atoms with Crippen molar-refractivity contribution in [3.05, 3.63) is 59.1 Å². The van der Waals surface area contributed by atoms with Crippen molar-refractivity contribution in [1.29, 1.82) is 0 Å². The molecule has 1 unspecified atom stereocenters. The van der Waals surface area contributed by atoms with Gasteiger partial charge in [-0.1, -0.05) is 35.9 Å². The molecule has 2 aromatic rings. The minimum atomic E-state index is -0.484. The van der Waals surface area contributed by atoms with Gasteiger partial charge in [-0.3, -0.25) is 4.79 Å². The molecular formula is C20H23ClN2O2. The number of nitrogens with zero attached hydrogens (tertiary/aromatic N) is 2. The van der Waals surface area contributed by atoms with E-state index in [4.69, 9.17) is 16.3 Å². The van der Waals surface area contributed by atoms with Gasteiger partial charge in [0.25, 0.3) is 5.91 Å². The minimum Gasteiger partial charge on any atom is -0.481 e. The second-order valence-electron chi connectivity index (χ2n) is 6.32. The van der Waals surface area contributed by atoms with Crippen LogP contribution in [0.25, 0.3) is 0 Å². The molecule has 0 bridgehead atoms. The molecule has 1 aliphatic rings. The average Bonchev–Trinajstić information content (AvgIpc) is 2.64. The van der Waals surface area contributed by atoms with Gasteiger partial charge in [0.15, 0.2) is 6.10 Å². The molecule has 25 heavy (non-hydrogen) atoms. The zero-order valence-corrected chi connectivity index (χ0v) is 15.4. The fourth-order valence-electron chi connectivity index (χ4n) is 3.10. The van der Waals surface area contributed by atoms with Crippen molar-refractivity contribution >= 4 is 23.2 Å². The summed E-state index contributed by atoms with van der Waals surface area (Å²) in [6.07, 6.45) is -0.484. The van der Waals surface area contributed by atoms with Crippen LogP contribution in [-0.4, -0.2) is 43.1 Å². The van der Waals surface area contributed by atoms with Crippen LogP contribution in [0.2, 0.25) is 5.02 Å². The van der Waals surface area contributed by atoms with Gasteiger partial charge in [0.05, 0.1) is 0 Å². The van der Waals surface area contributed by atoms with Gasteiger partial charge in [0, 0.05) is 36.9 Å². The molecule has 2 aromatic carbocycles. The maximum absolute atomic E-state index is 12.6. The number of amides is 1. The quantitative estimate of drug-likeness (QED) is 0.834. The molecule has 0 radical (unpaired) electrons. The van der Waals surface area contributed by atoms with Crippen molar-refractivity contribution in [3.63, 3.8) is 0 Å². The van der Waals surface area contributed by atoms with Gasteiger partial charge in [-0.15, -0.1) is 0 Å². The highest BCUT2D eigenvalue weighted by atomic mass is 35.5. The third kappa shape index (κ3) is 4.26. The molecule has 1 saturated heterocycles. The summed E-state index contributed by atoms with van der Waals surface area (Å²) in [5.41, 5.74) is 2.35. The van der Waals surface area contributed by atoms with E-state index >= 15 is 0 Å². The number of hydrogen-bond donors (Lipinski definition) is 0. The highest BCUT2D eigenvalue weighted by Crippen LogP contribution is 2.25. The first-order chi connectivity index (χ1) is 12.0. The predicted octanol–water partition coefficient (Wildman–Crippen LogP) is 3.76. The summed E-state index contributed by atoms with van der Waals surface area (Å²) in [4.78, 5) is 16.8. The van der Waals surface area contributed by atoms with Crippen molar-refractivity contribution in [3.8, 4) is 5.75 Å². The summed E-state index contributed by atoms with van der Waals surface area (Å²) >= 11 is 6.13. The lowest BCUT2D eigenvalue weighted by Crippen LogP contribution is -2.52. The van der Waals surface area contributed by atoms with Crippen molar-refractivity contribution in [2.24, 2.45) is 0 Å². The summed E-state index contributed by atoms with van der Waals surface area (Å²) in [6.45, 7) is 6.86. The zero-order valence-electron chi connectivity index (χ0n) is 14.6. The summed E-state index contributed by atoms with van der Waals surface area (Å²) in [5, 5.41) is 0.740. The molecule has 4 nitrogen and oxygen atoms in total. The van der Waals surface area contributed by atoms with Crippen molar-refractivity contribution < 1.29 is 9.53 Å². The van der Waals surface area contributed by atoms with E-state index in [1.54, 1.807) is 0 Å². The van der Waals surface area contributed by atoms with Gasteiger partial charge in [-0.25, -0.2) is 0 Å². The summed E-state index contributed by atoms with van der Waals surface area (Å²) < 4.78 is 5.75. The Bertz CT molecular complexity index is 728. The highest BCUT2D eigenvalue weighted by Gasteiger charge is 2.26. The van der Waals surface area contributed by atoms with E-state index < -0.39 is 6.10 Å². The Morgan fingerprint density at radius 3 is 2.44 bits per heavy atom. The topological polar surface area (TPSA) is 32.8 Å². The SMILES string of the molecule is Cc1ccc(Cl)cc1N1CCN(C(=O)C(C)Oc2ccccc2)CC1. The minimum absolute atomic E-state index is 0.0336. The predicted molar refractivity (Wildman–Crippen MR) is 102 cm³/mol. The number of halogens is 1. The largest absolute Gasteiger partial charge is 0.481 e. The fourth-order valence-corrected chi connectivity index (χ4v) is 3.27. The van der Waals surface area contributed by atoms with Gasteiger partial charge in [0.2, 0.25) is 0 Å². The van der Waals surface area contributed by atoms with Crippen LogP contribution in [0.3, 0.4) is 0 Å². The number of carbonyl (C=O) groups excluding carboxylic acids is 1. The number of aryl methyl sites for hydroxylation is 1. The zero-order chi connectivity index (χ0) is 17.8. The van der Waals surface area contributed by atoms with E-state index in [0.29, 0.717) is 13.1 Å². The first-order valence-corrected chi connectivity index (χ1v) is 8.94. The van der Waals surface area contributed by atoms with Crippen LogP contribution < -0.4 is 9.64 Å². The number of carbonyl (C=O) groups is 1. The molecule has 0 saturated carbocycles. The van der Waals surface area contributed by atoms with Crippen molar-refractivity contribution in [1.82, 2.24) is 4.90 Å². The Morgan fingerprint density at radius 1 is 1.08 bits per heavy atom. The average molecular weight is 359 g/mol. The molecule has 3 rings (SSSR count). The second kappa shape index (κ2) is 7.79. The van der Waals surface area contributed by atoms with Gasteiger partial charge in [-0.05, 0) is 43.7 Å². The maximum atomic E-state index is 12.6. The van der Waals surface area contributed by atoms with Crippen LogP contribution in [0, 0.1) is 6.92 Å². The molecule has 1 aliphatic heterocycles. The van der Waals surface area contributed by atoms with Gasteiger partial charge in [0.1, 0.15) is 5.75 Å². The van der Waals surface area contributed by atoms with Crippen molar-refractivity contribution in [2.75, 3.05) is 31.1 Å². The number of para-hydroxylation sites is 1. The van der Waals surface area contributed by atoms with E-state index in [1.807, 2.05) is 60.4 Å². The van der Waals surface area contributed by atoms with Gasteiger partial charge in [-0.2, -0.15) is 0 Å². The lowest BCUT2D eigenvalue weighted by Gasteiger charge is -2.37. The maximum Gasteiger partial charge on any atom is 0.263 e. The van der Waals surface area contributed by atoms with E-state index in [-0.39, 0.29) is 5.91 Å². The van der Waals surface area contributed by atoms with Crippen LogP contribution in [0.5, 0.6) is 5.75 Å². The number of anilines is 1. The molecule has 1 amide bonds. The molecule has 1 fully saturated rings. The van der Waals surface area contributed by atoms with Crippen LogP contribution in [0.4, 0.5) is 5.69 Å². The summed E-state index contributed by atoms with van der Waals surface area (Å²) in [7, 11) is 0. The van der Waals surface area contributed by atoms with Crippen LogP contribution >= 0.6 is 11.6 Å². The van der Waals surface area contributed by atoms with Crippen molar-refractivity contribution in [2.45, 2.75) is 20.0 Å². The number of rotatable bonds is 4. The number of hydrogen-bond acceptors (Lipinski definition) is 3. The summed E-state index contributed by atoms with van der Waals surface area (Å²) in [5.74, 6) is 0.753. The number of piperazine rings is 1. The third-order valence-electron chi connectivity index (χ3n) is 4.51. The lowest BCUT2D eigenvalue weighted by molar-refractivity contribution is -0.138. The molecule has 5 heteroatoms. The Morgan fingerprint density at radius 2 is 1.76 bits per heavy atom. The smallest absolute Gasteiger partial charge is 0.263 e. The van der Waals surface area contributed by atoms with Crippen LogP contribution in [0.1, 0.15) is 12.5 Å². The van der Waals surface area contributed by atoms with E-state index in [1.165, 1.54) is 5.56 Å².